The molecule has 0 saturated heterocycles. The lowest BCUT2D eigenvalue weighted by Crippen LogP contribution is -2.11. The summed E-state index contributed by atoms with van der Waals surface area (Å²) < 4.78 is 36.7. The molecule has 0 fully saturated rings. The number of primary sulfonamides is 1. The van der Waals surface area contributed by atoms with Crippen molar-refractivity contribution in [2.45, 2.75) is 32.0 Å². The normalized spacial score (nSPS) is 11.8. The summed E-state index contributed by atoms with van der Waals surface area (Å²) in [5, 5.41) is 8.10. The molecule has 2 aromatic rings. The first-order valence-electron chi connectivity index (χ1n) is 6.37. The van der Waals surface area contributed by atoms with Crippen LogP contribution in [0.2, 0.25) is 0 Å². The molecule has 10 heteroatoms. The minimum absolute atomic E-state index is 0.141. The minimum Gasteiger partial charge on any atom is -0.450 e. The van der Waals surface area contributed by atoms with Crippen molar-refractivity contribution in [2.75, 3.05) is 0 Å². The van der Waals surface area contributed by atoms with Crippen molar-refractivity contribution in [1.29, 1.82) is 0 Å². The Morgan fingerprint density at radius 3 is 2.73 bits per heavy atom. The van der Waals surface area contributed by atoms with Crippen LogP contribution in [0.15, 0.2) is 26.2 Å². The van der Waals surface area contributed by atoms with Gasteiger partial charge in [-0.3, -0.25) is 0 Å². The highest BCUT2D eigenvalue weighted by molar-refractivity contribution is 7.89. The number of carbonyl (C=O) groups is 1. The number of esters is 1. The zero-order valence-corrected chi connectivity index (χ0v) is 12.8. The van der Waals surface area contributed by atoms with Crippen LogP contribution in [-0.2, 0) is 27.8 Å². The Morgan fingerprint density at radius 1 is 1.41 bits per heavy atom. The predicted octanol–water partition coefficient (Wildman–Crippen LogP) is 0.866. The molecule has 0 spiro atoms. The van der Waals surface area contributed by atoms with Gasteiger partial charge in [-0.25, -0.2) is 18.4 Å². The number of nitrogens with two attached hydrogens (primary N) is 1. The van der Waals surface area contributed by atoms with Crippen LogP contribution in [0.5, 0.6) is 0 Å². The second-order valence-corrected chi connectivity index (χ2v) is 6.43. The van der Waals surface area contributed by atoms with Gasteiger partial charge in [0.1, 0.15) is 0 Å². The molecular weight excluding hydrogens is 314 g/mol. The fourth-order valence-electron chi connectivity index (χ4n) is 1.58. The maximum atomic E-state index is 11.7. The van der Waals surface area contributed by atoms with Gasteiger partial charge in [-0.15, -0.1) is 0 Å². The summed E-state index contributed by atoms with van der Waals surface area (Å²) in [7, 11) is -4.01. The highest BCUT2D eigenvalue weighted by atomic mass is 32.2. The number of hydrogen-bond acceptors (Lipinski definition) is 8. The standard InChI is InChI=1S/C12H15N3O6S/c1-7(2)5-9-14-10(21-15-9)6-19-12(16)8-3-4-11(20-8)22(13,17)18/h3-4,7H,5-6H2,1-2H3,(H2,13,17,18). The maximum Gasteiger partial charge on any atom is 0.374 e. The van der Waals surface area contributed by atoms with Crippen LogP contribution in [0.4, 0.5) is 0 Å². The second kappa shape index (κ2) is 6.28. The third-order valence-corrected chi connectivity index (χ3v) is 3.27. The Morgan fingerprint density at radius 2 is 2.14 bits per heavy atom. The number of rotatable bonds is 6. The number of nitrogens with zero attached hydrogens (tertiary/aromatic N) is 2. The van der Waals surface area contributed by atoms with Gasteiger partial charge in [0.25, 0.3) is 15.9 Å². The van der Waals surface area contributed by atoms with Crippen molar-refractivity contribution in [3.8, 4) is 0 Å². The molecular formula is C12H15N3O6S. The highest BCUT2D eigenvalue weighted by Gasteiger charge is 2.19. The molecule has 22 heavy (non-hydrogen) atoms. The first-order chi connectivity index (χ1) is 10.3. The number of aromatic nitrogens is 2. The maximum absolute atomic E-state index is 11.7. The van der Waals surface area contributed by atoms with Gasteiger partial charge in [0.05, 0.1) is 0 Å². The van der Waals surface area contributed by atoms with Gasteiger partial charge in [0.15, 0.2) is 12.4 Å². The molecule has 0 bridgehead atoms. The monoisotopic (exact) mass is 329 g/mol. The van der Waals surface area contributed by atoms with Crippen LogP contribution < -0.4 is 5.14 Å². The van der Waals surface area contributed by atoms with Crippen LogP contribution in [0, 0.1) is 5.92 Å². The van der Waals surface area contributed by atoms with E-state index in [0.717, 1.165) is 12.1 Å². The largest absolute Gasteiger partial charge is 0.450 e. The van der Waals surface area contributed by atoms with Gasteiger partial charge < -0.3 is 13.7 Å². The van der Waals surface area contributed by atoms with Crippen molar-refractivity contribution in [3.63, 3.8) is 0 Å². The molecule has 0 unspecified atom stereocenters. The van der Waals surface area contributed by atoms with Crippen LogP contribution in [-0.4, -0.2) is 24.5 Å². The Labute approximate surface area is 126 Å². The Hall–Kier alpha value is -2.20. The van der Waals surface area contributed by atoms with E-state index in [1.807, 2.05) is 13.8 Å². The van der Waals surface area contributed by atoms with Crippen LogP contribution >= 0.6 is 0 Å². The molecule has 2 aromatic heterocycles. The number of furan rings is 1. The lowest BCUT2D eigenvalue weighted by atomic mass is 10.1. The van der Waals surface area contributed by atoms with E-state index in [9.17, 15) is 13.2 Å². The average Bonchev–Trinajstić information content (AvgIpc) is 3.03. The molecule has 9 nitrogen and oxygen atoms in total. The second-order valence-electron chi connectivity index (χ2n) is 4.94. The van der Waals surface area contributed by atoms with Crippen molar-refractivity contribution >= 4 is 16.0 Å². The van der Waals surface area contributed by atoms with Gasteiger partial charge in [-0.2, -0.15) is 4.98 Å². The van der Waals surface area contributed by atoms with E-state index in [1.54, 1.807) is 0 Å². The number of ether oxygens (including phenoxy) is 1. The lowest BCUT2D eigenvalue weighted by Gasteiger charge is -1.98. The predicted molar refractivity (Wildman–Crippen MR) is 72.0 cm³/mol. The summed E-state index contributed by atoms with van der Waals surface area (Å²) in [4.78, 5) is 15.8. The van der Waals surface area contributed by atoms with Gasteiger partial charge in [0, 0.05) is 6.42 Å². The van der Waals surface area contributed by atoms with Gasteiger partial charge >= 0.3 is 5.97 Å². The average molecular weight is 329 g/mol. The lowest BCUT2D eigenvalue weighted by molar-refractivity contribution is 0.0388. The molecule has 0 aliphatic heterocycles. The highest BCUT2D eigenvalue weighted by Crippen LogP contribution is 2.14. The summed E-state index contributed by atoms with van der Waals surface area (Å²) in [5.41, 5.74) is 0. The van der Waals surface area contributed by atoms with Crippen molar-refractivity contribution < 1.29 is 26.9 Å². The van der Waals surface area contributed by atoms with E-state index in [0.29, 0.717) is 18.2 Å². The number of hydrogen-bond donors (Lipinski definition) is 1. The topological polar surface area (TPSA) is 139 Å². The molecule has 0 radical (unpaired) electrons. The third kappa shape index (κ3) is 4.15. The first kappa shape index (κ1) is 16.2. The Balaban J connectivity index is 1.95. The van der Waals surface area contributed by atoms with Gasteiger partial charge in [0.2, 0.25) is 10.9 Å². The molecule has 2 heterocycles. The molecule has 0 aromatic carbocycles. The molecule has 0 atom stereocenters. The van der Waals surface area contributed by atoms with Gasteiger partial charge in [-0.1, -0.05) is 19.0 Å². The fourth-order valence-corrected chi connectivity index (χ4v) is 2.04. The van der Waals surface area contributed by atoms with Crippen LogP contribution in [0.25, 0.3) is 0 Å². The summed E-state index contributed by atoms with van der Waals surface area (Å²) in [6.07, 6.45) is 0.646. The van der Waals surface area contributed by atoms with E-state index in [2.05, 4.69) is 10.1 Å². The summed E-state index contributed by atoms with van der Waals surface area (Å²) in [5.74, 6) is -0.116. The molecule has 0 aliphatic carbocycles. The first-order valence-corrected chi connectivity index (χ1v) is 7.91. The Bertz CT molecular complexity index is 761. The van der Waals surface area contributed by atoms with Crippen molar-refractivity contribution in [3.05, 3.63) is 29.6 Å². The van der Waals surface area contributed by atoms with E-state index < -0.39 is 21.1 Å². The molecule has 0 aliphatic rings. The quantitative estimate of drug-likeness (QED) is 0.770. The molecule has 2 N–H and O–H groups in total. The summed E-state index contributed by atoms with van der Waals surface area (Å²) in [6.45, 7) is 3.78. The zero-order chi connectivity index (χ0) is 16.3. The molecule has 120 valence electrons. The van der Waals surface area contributed by atoms with E-state index in [4.69, 9.17) is 18.8 Å². The zero-order valence-electron chi connectivity index (χ0n) is 12.0. The van der Waals surface area contributed by atoms with Crippen LogP contribution in [0.3, 0.4) is 0 Å². The van der Waals surface area contributed by atoms with Crippen molar-refractivity contribution in [1.82, 2.24) is 10.1 Å². The number of carbonyl (C=O) groups excluding carboxylic acids is 1. The number of sulfonamides is 1. The minimum atomic E-state index is -4.01. The van der Waals surface area contributed by atoms with E-state index in [-0.39, 0.29) is 18.3 Å². The SMILES string of the molecule is CC(C)Cc1noc(COC(=O)c2ccc(S(N)(=O)=O)o2)n1. The van der Waals surface area contributed by atoms with E-state index >= 15 is 0 Å². The Kier molecular flexibility index (Phi) is 4.62. The summed E-state index contributed by atoms with van der Waals surface area (Å²) >= 11 is 0. The van der Waals surface area contributed by atoms with Crippen molar-refractivity contribution in [2.24, 2.45) is 11.1 Å². The smallest absolute Gasteiger partial charge is 0.374 e. The van der Waals surface area contributed by atoms with Gasteiger partial charge in [-0.05, 0) is 18.1 Å². The molecule has 0 amide bonds. The van der Waals surface area contributed by atoms with Crippen LogP contribution in [0.1, 0.15) is 36.1 Å². The van der Waals surface area contributed by atoms with E-state index in [1.165, 1.54) is 0 Å². The fraction of sp³-hybridized carbons (Fsp3) is 0.417. The molecule has 2 rings (SSSR count). The third-order valence-electron chi connectivity index (χ3n) is 2.49. The summed E-state index contributed by atoms with van der Waals surface area (Å²) in [6, 6.07) is 2.22. The molecule has 0 saturated carbocycles.